The molecule has 0 saturated heterocycles. The summed E-state index contributed by atoms with van der Waals surface area (Å²) in [5.41, 5.74) is 6.08. The number of carbonyl (C=O) groups excluding carboxylic acids is 2. The van der Waals surface area contributed by atoms with E-state index in [2.05, 4.69) is 26.8 Å². The van der Waals surface area contributed by atoms with Crippen LogP contribution in [-0.2, 0) is 17.3 Å². The Morgan fingerprint density at radius 2 is 1.88 bits per heavy atom. The molecule has 1 fully saturated rings. The highest BCUT2D eigenvalue weighted by atomic mass is 79.9. The smallest absolute Gasteiger partial charge is 0.286 e. The molecular weight excluding hydrogens is 370 g/mol. The number of rotatable bonds is 3. The number of benzene rings is 1. The van der Waals surface area contributed by atoms with E-state index in [1.54, 1.807) is 29.9 Å². The van der Waals surface area contributed by atoms with Crippen LogP contribution in [0.25, 0.3) is 0 Å². The Bertz CT molecular complexity index is 763. The minimum Gasteiger partial charge on any atom is -0.347 e. The van der Waals surface area contributed by atoms with Crippen molar-refractivity contribution in [1.82, 2.24) is 15.4 Å². The monoisotopic (exact) mass is 389 g/mol. The summed E-state index contributed by atoms with van der Waals surface area (Å²) in [6.45, 7) is 0. The highest BCUT2D eigenvalue weighted by Crippen LogP contribution is 2.41. The van der Waals surface area contributed by atoms with E-state index in [9.17, 15) is 9.59 Å². The van der Waals surface area contributed by atoms with Crippen molar-refractivity contribution >= 4 is 27.7 Å². The number of hydrogen-bond donors (Lipinski definition) is 2. The van der Waals surface area contributed by atoms with Gasteiger partial charge in [-0.25, -0.2) is 0 Å². The second kappa shape index (κ2) is 6.81. The largest absolute Gasteiger partial charge is 0.347 e. The van der Waals surface area contributed by atoms with Crippen LogP contribution in [0.2, 0.25) is 0 Å². The highest BCUT2D eigenvalue weighted by Gasteiger charge is 2.43. The third kappa shape index (κ3) is 3.11. The number of carbonyl (C=O) groups is 2. The van der Waals surface area contributed by atoms with Crippen LogP contribution >= 0.6 is 15.9 Å². The molecule has 0 spiro atoms. The average molecular weight is 390 g/mol. The van der Waals surface area contributed by atoms with Crippen LogP contribution in [0.1, 0.15) is 41.7 Å². The van der Waals surface area contributed by atoms with Crippen molar-refractivity contribution in [1.29, 1.82) is 0 Å². The van der Waals surface area contributed by atoms with Gasteiger partial charge in [-0.05, 0) is 42.7 Å². The first kappa shape index (κ1) is 16.8. The van der Waals surface area contributed by atoms with Gasteiger partial charge in [0.05, 0.1) is 5.41 Å². The summed E-state index contributed by atoms with van der Waals surface area (Å²) < 4.78 is 2.66. The van der Waals surface area contributed by atoms with Crippen LogP contribution in [0, 0.1) is 0 Å². The maximum absolute atomic E-state index is 12.9. The van der Waals surface area contributed by atoms with Gasteiger partial charge in [-0.15, -0.1) is 0 Å². The van der Waals surface area contributed by atoms with Crippen molar-refractivity contribution < 1.29 is 9.59 Å². The van der Waals surface area contributed by atoms with Crippen molar-refractivity contribution in [2.24, 2.45) is 7.05 Å². The molecule has 0 bridgehead atoms. The normalized spacial score (nSPS) is 15.9. The molecule has 1 heterocycles. The highest BCUT2D eigenvalue weighted by molar-refractivity contribution is 9.10. The van der Waals surface area contributed by atoms with E-state index in [-0.39, 0.29) is 11.8 Å². The Hall–Kier alpha value is -2.08. The fraction of sp³-hybridized carbons (Fsp3) is 0.333. The fourth-order valence-electron chi connectivity index (χ4n) is 3.41. The molecule has 24 heavy (non-hydrogen) atoms. The third-order valence-corrected chi connectivity index (χ3v) is 5.23. The van der Waals surface area contributed by atoms with E-state index in [0.29, 0.717) is 5.69 Å². The molecule has 1 aromatic carbocycles. The van der Waals surface area contributed by atoms with Crippen molar-refractivity contribution in [3.05, 3.63) is 58.3 Å². The van der Waals surface area contributed by atoms with Gasteiger partial charge in [0.15, 0.2) is 0 Å². The zero-order valence-electron chi connectivity index (χ0n) is 13.5. The van der Waals surface area contributed by atoms with Gasteiger partial charge in [0.2, 0.25) is 5.91 Å². The maximum Gasteiger partial charge on any atom is 0.286 e. The van der Waals surface area contributed by atoms with Gasteiger partial charge < -0.3 is 4.57 Å². The number of halogens is 1. The zero-order valence-corrected chi connectivity index (χ0v) is 15.1. The molecule has 0 aliphatic heterocycles. The molecule has 1 aliphatic carbocycles. The van der Waals surface area contributed by atoms with Gasteiger partial charge >= 0.3 is 0 Å². The van der Waals surface area contributed by atoms with Gasteiger partial charge in [-0.3, -0.25) is 20.4 Å². The first-order valence-electron chi connectivity index (χ1n) is 8.01. The predicted octanol–water partition coefficient (Wildman–Crippen LogP) is 3.06. The molecule has 126 valence electrons. The molecule has 1 saturated carbocycles. The Labute approximate surface area is 149 Å². The zero-order chi connectivity index (χ0) is 17.2. The van der Waals surface area contributed by atoms with E-state index in [1.807, 2.05) is 24.3 Å². The van der Waals surface area contributed by atoms with E-state index < -0.39 is 5.41 Å². The Morgan fingerprint density at radius 3 is 2.50 bits per heavy atom. The third-order valence-electron chi connectivity index (χ3n) is 4.73. The van der Waals surface area contributed by atoms with Crippen LogP contribution in [0.4, 0.5) is 0 Å². The molecule has 2 N–H and O–H groups in total. The molecule has 5 nitrogen and oxygen atoms in total. The van der Waals surface area contributed by atoms with Crippen LogP contribution < -0.4 is 10.9 Å². The molecule has 3 rings (SSSR count). The molecule has 2 amide bonds. The average Bonchev–Trinajstić information content (AvgIpc) is 3.22. The number of hydrazine groups is 1. The van der Waals surface area contributed by atoms with E-state index in [0.717, 1.165) is 35.7 Å². The summed E-state index contributed by atoms with van der Waals surface area (Å²) in [7, 11) is 1.79. The van der Waals surface area contributed by atoms with Crippen LogP contribution in [0.5, 0.6) is 0 Å². The van der Waals surface area contributed by atoms with Crippen molar-refractivity contribution in [3.63, 3.8) is 0 Å². The lowest BCUT2D eigenvalue weighted by molar-refractivity contribution is -0.127. The Morgan fingerprint density at radius 1 is 1.12 bits per heavy atom. The number of nitrogens with zero attached hydrogens (tertiary/aromatic N) is 1. The molecule has 0 atom stereocenters. The summed E-state index contributed by atoms with van der Waals surface area (Å²) in [4.78, 5) is 25.1. The first-order valence-corrected chi connectivity index (χ1v) is 8.80. The van der Waals surface area contributed by atoms with E-state index in [1.165, 1.54) is 0 Å². The summed E-state index contributed by atoms with van der Waals surface area (Å²) in [5.74, 6) is -0.473. The van der Waals surface area contributed by atoms with Crippen molar-refractivity contribution in [3.8, 4) is 0 Å². The summed E-state index contributed by atoms with van der Waals surface area (Å²) >= 11 is 3.47. The lowest BCUT2D eigenvalue weighted by Gasteiger charge is -2.28. The van der Waals surface area contributed by atoms with Gasteiger partial charge in [0.25, 0.3) is 5.91 Å². The van der Waals surface area contributed by atoms with Gasteiger partial charge in [0, 0.05) is 17.7 Å². The van der Waals surface area contributed by atoms with Crippen LogP contribution in [-0.4, -0.2) is 16.4 Å². The van der Waals surface area contributed by atoms with Gasteiger partial charge in [-0.1, -0.05) is 40.9 Å². The Balaban J connectivity index is 1.76. The second-order valence-electron chi connectivity index (χ2n) is 6.21. The topological polar surface area (TPSA) is 63.1 Å². The molecule has 0 unspecified atom stereocenters. The van der Waals surface area contributed by atoms with Crippen molar-refractivity contribution in [2.75, 3.05) is 0 Å². The standard InChI is InChI=1S/C18H20BrN3O2/c1-22-11-5-8-15(22)16(23)20-21-17(24)18(9-2-3-10-18)13-6-4-7-14(19)12-13/h4-8,11-12H,2-3,9-10H2,1H3,(H,20,23)(H,21,24). The summed E-state index contributed by atoms with van der Waals surface area (Å²) in [6.07, 6.45) is 5.37. The van der Waals surface area contributed by atoms with Crippen molar-refractivity contribution in [2.45, 2.75) is 31.1 Å². The number of aryl methyl sites for hydroxylation is 1. The van der Waals surface area contributed by atoms with Gasteiger partial charge in [-0.2, -0.15) is 0 Å². The van der Waals surface area contributed by atoms with Crippen LogP contribution in [0.15, 0.2) is 47.1 Å². The number of aromatic nitrogens is 1. The molecule has 0 radical (unpaired) electrons. The Kier molecular flexibility index (Phi) is 4.76. The SMILES string of the molecule is Cn1cccc1C(=O)NNC(=O)C1(c2cccc(Br)c2)CCCC1. The summed E-state index contributed by atoms with van der Waals surface area (Å²) in [6, 6.07) is 11.4. The molecular formula is C18H20BrN3O2. The summed E-state index contributed by atoms with van der Waals surface area (Å²) in [5, 5.41) is 0. The predicted molar refractivity (Wildman–Crippen MR) is 95.3 cm³/mol. The second-order valence-corrected chi connectivity index (χ2v) is 7.13. The van der Waals surface area contributed by atoms with E-state index >= 15 is 0 Å². The van der Waals surface area contributed by atoms with E-state index in [4.69, 9.17) is 0 Å². The molecule has 1 aromatic heterocycles. The minimum absolute atomic E-state index is 0.152. The maximum atomic E-state index is 12.9. The molecule has 6 heteroatoms. The first-order chi connectivity index (χ1) is 11.5. The van der Waals surface area contributed by atoms with Crippen LogP contribution in [0.3, 0.4) is 0 Å². The molecule has 1 aliphatic rings. The van der Waals surface area contributed by atoms with Gasteiger partial charge in [0.1, 0.15) is 5.69 Å². The number of nitrogens with one attached hydrogen (secondary N) is 2. The lowest BCUT2D eigenvalue weighted by Crippen LogP contribution is -2.50. The number of amides is 2. The quantitative estimate of drug-likeness (QED) is 0.792. The molecule has 2 aromatic rings. The fourth-order valence-corrected chi connectivity index (χ4v) is 3.80. The minimum atomic E-state index is -0.578. The lowest BCUT2D eigenvalue weighted by atomic mass is 9.78. The number of hydrogen-bond acceptors (Lipinski definition) is 2.